The number of nitrogens with one attached hydrogen (secondary N) is 1. The maximum Gasteiger partial charge on any atom is 0.281 e. The molecule has 0 atom stereocenters. The van der Waals surface area contributed by atoms with Crippen molar-refractivity contribution in [3.8, 4) is 0 Å². The molecule has 3 aromatic rings. The molecule has 1 saturated heterocycles. The topological polar surface area (TPSA) is 65.5 Å². The van der Waals surface area contributed by atoms with Crippen molar-refractivity contribution < 1.29 is 9.59 Å². The number of hydrogen-bond donors (Lipinski definition) is 1. The van der Waals surface area contributed by atoms with E-state index in [2.05, 4.69) is 10.3 Å². The molecule has 2 heterocycles. The molecule has 1 aromatic heterocycles. The summed E-state index contributed by atoms with van der Waals surface area (Å²) < 4.78 is 0. The quantitative estimate of drug-likeness (QED) is 0.394. The minimum atomic E-state index is -0.247. The van der Waals surface area contributed by atoms with Gasteiger partial charge in [0, 0.05) is 17.3 Å². The summed E-state index contributed by atoms with van der Waals surface area (Å²) >= 11 is 12.8. The first-order chi connectivity index (χ1) is 15.4. The molecule has 1 aliphatic heterocycles. The van der Waals surface area contributed by atoms with Gasteiger partial charge in [-0.15, -0.1) is 11.3 Å². The van der Waals surface area contributed by atoms with Gasteiger partial charge >= 0.3 is 0 Å². The summed E-state index contributed by atoms with van der Waals surface area (Å²) in [4.78, 5) is 32.9. The SMILES string of the molecule is CCc1ccccc1N1C(=O)/C(=C\c2csc(N(C(C)=O)c3cccc(Cl)c3)n2)NC1=S. The Bertz CT molecular complexity index is 1250. The number of amides is 2. The Morgan fingerprint density at radius 2 is 2.06 bits per heavy atom. The number of anilines is 3. The van der Waals surface area contributed by atoms with E-state index in [-0.39, 0.29) is 11.8 Å². The van der Waals surface area contributed by atoms with E-state index in [9.17, 15) is 9.59 Å². The van der Waals surface area contributed by atoms with Crippen molar-refractivity contribution in [3.63, 3.8) is 0 Å². The van der Waals surface area contributed by atoms with Crippen LogP contribution in [0.1, 0.15) is 25.1 Å². The molecule has 0 aliphatic carbocycles. The van der Waals surface area contributed by atoms with E-state index in [4.69, 9.17) is 23.8 Å². The molecule has 0 radical (unpaired) electrons. The lowest BCUT2D eigenvalue weighted by atomic mass is 10.1. The zero-order valence-electron chi connectivity index (χ0n) is 17.3. The molecule has 162 valence electrons. The smallest absolute Gasteiger partial charge is 0.281 e. The molecule has 9 heteroatoms. The molecule has 0 bridgehead atoms. The number of rotatable bonds is 5. The van der Waals surface area contributed by atoms with Crippen LogP contribution in [0.4, 0.5) is 16.5 Å². The van der Waals surface area contributed by atoms with Gasteiger partial charge in [-0.2, -0.15) is 0 Å². The predicted molar refractivity (Wildman–Crippen MR) is 133 cm³/mol. The van der Waals surface area contributed by atoms with Crippen molar-refractivity contribution in [1.29, 1.82) is 0 Å². The van der Waals surface area contributed by atoms with E-state index in [1.54, 1.807) is 35.7 Å². The second kappa shape index (κ2) is 9.20. The van der Waals surface area contributed by atoms with Gasteiger partial charge in [0.05, 0.1) is 17.1 Å². The molecule has 0 saturated carbocycles. The summed E-state index contributed by atoms with van der Waals surface area (Å²) in [5, 5.41) is 6.09. The molecule has 2 amide bonds. The summed E-state index contributed by atoms with van der Waals surface area (Å²) in [6, 6.07) is 14.7. The number of carbonyl (C=O) groups is 2. The van der Waals surface area contributed by atoms with Crippen molar-refractivity contribution in [2.75, 3.05) is 9.80 Å². The maximum atomic E-state index is 13.1. The normalized spacial score (nSPS) is 14.7. The van der Waals surface area contributed by atoms with Gasteiger partial charge in [-0.1, -0.05) is 42.8 Å². The van der Waals surface area contributed by atoms with Gasteiger partial charge in [0.1, 0.15) is 5.70 Å². The monoisotopic (exact) mass is 482 g/mol. The number of hydrogen-bond acceptors (Lipinski definition) is 5. The van der Waals surface area contributed by atoms with Crippen LogP contribution >= 0.6 is 35.2 Å². The number of carbonyl (C=O) groups excluding carboxylic acids is 2. The predicted octanol–water partition coefficient (Wildman–Crippen LogP) is 5.31. The lowest BCUT2D eigenvalue weighted by molar-refractivity contribution is -0.116. The van der Waals surface area contributed by atoms with E-state index >= 15 is 0 Å². The Morgan fingerprint density at radius 3 is 2.78 bits per heavy atom. The van der Waals surface area contributed by atoms with Gasteiger partial charge in [0.15, 0.2) is 10.2 Å². The lowest BCUT2D eigenvalue weighted by Gasteiger charge is -2.18. The summed E-state index contributed by atoms with van der Waals surface area (Å²) in [6.07, 6.45) is 2.42. The minimum Gasteiger partial charge on any atom is -0.327 e. The third-order valence-corrected chi connectivity index (χ3v) is 6.23. The average Bonchev–Trinajstić information content (AvgIpc) is 3.32. The second-order valence-corrected chi connectivity index (χ2v) is 8.66. The molecule has 2 aromatic carbocycles. The minimum absolute atomic E-state index is 0.195. The molecule has 1 aliphatic rings. The first-order valence-corrected chi connectivity index (χ1v) is 11.5. The number of nitrogens with zero attached hydrogens (tertiary/aromatic N) is 3. The average molecular weight is 483 g/mol. The molecule has 32 heavy (non-hydrogen) atoms. The highest BCUT2D eigenvalue weighted by molar-refractivity contribution is 7.80. The first kappa shape index (κ1) is 22.1. The number of thiocarbonyl (C=S) groups is 1. The Labute approximate surface area is 200 Å². The van der Waals surface area contributed by atoms with Crippen molar-refractivity contribution in [2.45, 2.75) is 20.3 Å². The number of aryl methyl sites for hydroxylation is 1. The van der Waals surface area contributed by atoms with Crippen LogP contribution in [0.2, 0.25) is 5.02 Å². The Morgan fingerprint density at radius 1 is 1.28 bits per heavy atom. The van der Waals surface area contributed by atoms with Gasteiger partial charge in [-0.05, 0) is 54.5 Å². The van der Waals surface area contributed by atoms with Crippen LogP contribution in [0.15, 0.2) is 59.6 Å². The van der Waals surface area contributed by atoms with Crippen molar-refractivity contribution in [2.24, 2.45) is 0 Å². The largest absolute Gasteiger partial charge is 0.327 e. The van der Waals surface area contributed by atoms with Gasteiger partial charge in [0.2, 0.25) is 5.91 Å². The van der Waals surface area contributed by atoms with E-state index < -0.39 is 0 Å². The van der Waals surface area contributed by atoms with Crippen molar-refractivity contribution in [3.05, 3.63) is 75.9 Å². The summed E-state index contributed by atoms with van der Waals surface area (Å²) in [7, 11) is 0. The van der Waals surface area contributed by atoms with Gasteiger partial charge in [-0.3, -0.25) is 19.4 Å². The van der Waals surface area contributed by atoms with Gasteiger partial charge in [0.25, 0.3) is 5.91 Å². The van der Waals surface area contributed by atoms with Crippen molar-refractivity contribution >= 4 is 74.7 Å². The summed E-state index contributed by atoms with van der Waals surface area (Å²) in [6.45, 7) is 3.49. The fourth-order valence-electron chi connectivity index (χ4n) is 3.42. The van der Waals surface area contributed by atoms with Crippen LogP contribution in [0.3, 0.4) is 0 Å². The number of halogens is 1. The van der Waals surface area contributed by atoms with E-state index in [0.717, 1.165) is 17.7 Å². The van der Waals surface area contributed by atoms with Crippen LogP contribution in [0, 0.1) is 0 Å². The standard InChI is InChI=1S/C23H19ClN4O2S2/c1-3-15-7-4-5-10-20(15)28-21(30)19(26-22(28)31)12-17-13-32-23(25-17)27(14(2)29)18-9-6-8-16(24)11-18/h4-13H,3H2,1-2H3,(H,26,31)/b19-12+. The molecule has 4 rings (SSSR count). The van der Waals surface area contributed by atoms with E-state index in [1.165, 1.54) is 28.1 Å². The van der Waals surface area contributed by atoms with Crippen LogP contribution in [0.25, 0.3) is 6.08 Å². The van der Waals surface area contributed by atoms with Gasteiger partial charge < -0.3 is 5.32 Å². The second-order valence-electron chi connectivity index (χ2n) is 7.00. The zero-order valence-corrected chi connectivity index (χ0v) is 19.7. The Kier molecular flexibility index (Phi) is 6.36. The summed E-state index contributed by atoms with van der Waals surface area (Å²) in [5.41, 5.74) is 3.29. The molecular weight excluding hydrogens is 464 g/mol. The Hall–Kier alpha value is -3.07. The van der Waals surface area contributed by atoms with Crippen LogP contribution in [-0.2, 0) is 16.0 Å². The maximum absolute atomic E-state index is 13.1. The molecular formula is C23H19ClN4O2S2. The fourth-order valence-corrected chi connectivity index (χ4v) is 4.74. The number of aromatic nitrogens is 1. The molecule has 0 unspecified atom stereocenters. The molecule has 6 nitrogen and oxygen atoms in total. The van der Waals surface area contributed by atoms with E-state index in [1.807, 2.05) is 31.2 Å². The zero-order chi connectivity index (χ0) is 22.8. The van der Waals surface area contributed by atoms with E-state index in [0.29, 0.717) is 32.3 Å². The number of benzene rings is 2. The third-order valence-electron chi connectivity index (χ3n) is 4.87. The Balaban J connectivity index is 1.64. The van der Waals surface area contributed by atoms with Crippen LogP contribution in [-0.4, -0.2) is 21.9 Å². The fraction of sp³-hybridized carbons (Fsp3) is 0.130. The van der Waals surface area contributed by atoms with Crippen molar-refractivity contribution in [1.82, 2.24) is 10.3 Å². The first-order valence-electron chi connectivity index (χ1n) is 9.86. The third kappa shape index (κ3) is 4.29. The number of thiazole rings is 1. The molecule has 1 N–H and O–H groups in total. The number of para-hydroxylation sites is 1. The van der Waals surface area contributed by atoms with Gasteiger partial charge in [-0.25, -0.2) is 4.98 Å². The van der Waals surface area contributed by atoms with Crippen LogP contribution < -0.4 is 15.1 Å². The highest BCUT2D eigenvalue weighted by Crippen LogP contribution is 2.32. The molecule has 0 spiro atoms. The lowest BCUT2D eigenvalue weighted by Crippen LogP contribution is -2.31. The summed E-state index contributed by atoms with van der Waals surface area (Å²) in [5.74, 6) is -0.442. The highest BCUT2D eigenvalue weighted by Gasteiger charge is 2.33. The van der Waals surface area contributed by atoms with Crippen LogP contribution in [0.5, 0.6) is 0 Å². The molecule has 1 fully saturated rings. The highest BCUT2D eigenvalue weighted by atomic mass is 35.5.